The fourth-order valence-corrected chi connectivity index (χ4v) is 2.94. The van der Waals surface area contributed by atoms with E-state index in [4.69, 9.17) is 0 Å². The van der Waals surface area contributed by atoms with Crippen molar-refractivity contribution < 1.29 is 0 Å². The Morgan fingerprint density at radius 3 is 2.14 bits per heavy atom. The topological polar surface area (TPSA) is 0 Å². The lowest BCUT2D eigenvalue weighted by Crippen LogP contribution is -1.90. The van der Waals surface area contributed by atoms with E-state index in [-0.39, 0.29) is 0 Å². The van der Waals surface area contributed by atoms with Gasteiger partial charge in [0, 0.05) is 0 Å². The van der Waals surface area contributed by atoms with Crippen molar-refractivity contribution in [1.82, 2.24) is 0 Å². The third-order valence-corrected chi connectivity index (χ3v) is 3.93. The van der Waals surface area contributed by atoms with Crippen molar-refractivity contribution in [2.75, 3.05) is 0 Å². The van der Waals surface area contributed by atoms with Crippen LogP contribution in [0.15, 0.2) is 24.3 Å². The van der Waals surface area contributed by atoms with Gasteiger partial charge in [-0.15, -0.1) is 0 Å². The predicted octanol–water partition coefficient (Wildman–Crippen LogP) is 4.14. The lowest BCUT2D eigenvalue weighted by Gasteiger charge is -2.03. The van der Waals surface area contributed by atoms with E-state index in [2.05, 4.69) is 52.0 Å². The normalized spacial score (nSPS) is 28.9. The SMILES string of the molecule is CCC1C(c2ccc(C)cc2)C1(C)C. The molecule has 1 aromatic carbocycles. The summed E-state index contributed by atoms with van der Waals surface area (Å²) in [7, 11) is 0. The molecule has 0 amide bonds. The third kappa shape index (κ3) is 1.37. The van der Waals surface area contributed by atoms with E-state index in [9.17, 15) is 0 Å². The van der Waals surface area contributed by atoms with Gasteiger partial charge in [-0.05, 0) is 29.7 Å². The molecule has 0 N–H and O–H groups in total. The van der Waals surface area contributed by atoms with Crippen molar-refractivity contribution >= 4 is 0 Å². The van der Waals surface area contributed by atoms with Gasteiger partial charge in [-0.25, -0.2) is 0 Å². The highest BCUT2D eigenvalue weighted by atomic mass is 14.6. The molecule has 0 aromatic heterocycles. The Morgan fingerprint density at radius 1 is 1.14 bits per heavy atom. The largest absolute Gasteiger partial charge is 0.0651 e. The minimum absolute atomic E-state index is 0.532. The third-order valence-electron chi connectivity index (χ3n) is 3.93. The molecule has 0 aliphatic heterocycles. The van der Waals surface area contributed by atoms with E-state index in [1.807, 2.05) is 0 Å². The molecule has 0 radical (unpaired) electrons. The quantitative estimate of drug-likeness (QED) is 0.654. The summed E-state index contributed by atoms with van der Waals surface area (Å²) in [5, 5.41) is 0. The Kier molecular flexibility index (Phi) is 2.17. The predicted molar refractivity (Wildman–Crippen MR) is 61.5 cm³/mol. The molecule has 14 heavy (non-hydrogen) atoms. The molecule has 1 aromatic rings. The summed E-state index contributed by atoms with van der Waals surface area (Å²) in [6, 6.07) is 9.07. The van der Waals surface area contributed by atoms with Gasteiger partial charge in [-0.1, -0.05) is 57.0 Å². The molecule has 2 unspecified atom stereocenters. The molecule has 0 bridgehead atoms. The number of hydrogen-bond donors (Lipinski definition) is 0. The Morgan fingerprint density at radius 2 is 1.71 bits per heavy atom. The summed E-state index contributed by atoms with van der Waals surface area (Å²) < 4.78 is 0. The van der Waals surface area contributed by atoms with E-state index < -0.39 is 0 Å². The summed E-state index contributed by atoms with van der Waals surface area (Å²) >= 11 is 0. The second-order valence-corrected chi connectivity index (χ2v) is 5.22. The first-order chi connectivity index (χ1) is 6.57. The average molecular weight is 188 g/mol. The number of rotatable bonds is 2. The van der Waals surface area contributed by atoms with Gasteiger partial charge in [0.05, 0.1) is 0 Å². The molecular weight excluding hydrogens is 168 g/mol. The summed E-state index contributed by atoms with van der Waals surface area (Å²) in [4.78, 5) is 0. The van der Waals surface area contributed by atoms with E-state index in [0.717, 1.165) is 11.8 Å². The second kappa shape index (κ2) is 3.12. The lowest BCUT2D eigenvalue weighted by molar-refractivity contribution is 0.545. The van der Waals surface area contributed by atoms with Gasteiger partial charge in [0.1, 0.15) is 0 Å². The molecule has 2 atom stereocenters. The van der Waals surface area contributed by atoms with E-state index in [1.54, 1.807) is 0 Å². The van der Waals surface area contributed by atoms with Gasteiger partial charge in [0.15, 0.2) is 0 Å². The fraction of sp³-hybridized carbons (Fsp3) is 0.571. The van der Waals surface area contributed by atoms with Crippen molar-refractivity contribution in [3.05, 3.63) is 35.4 Å². The van der Waals surface area contributed by atoms with Crippen molar-refractivity contribution in [1.29, 1.82) is 0 Å². The summed E-state index contributed by atoms with van der Waals surface area (Å²) in [6.07, 6.45) is 1.31. The highest BCUT2D eigenvalue weighted by molar-refractivity contribution is 5.33. The van der Waals surface area contributed by atoms with Crippen LogP contribution in [0.25, 0.3) is 0 Å². The minimum Gasteiger partial charge on any atom is -0.0651 e. The van der Waals surface area contributed by atoms with Gasteiger partial charge in [0.25, 0.3) is 0 Å². The molecular formula is C14H20. The van der Waals surface area contributed by atoms with E-state index >= 15 is 0 Å². The van der Waals surface area contributed by atoms with Crippen LogP contribution in [0.1, 0.15) is 44.2 Å². The first-order valence-corrected chi connectivity index (χ1v) is 5.64. The number of aryl methyl sites for hydroxylation is 1. The van der Waals surface area contributed by atoms with Crippen LogP contribution >= 0.6 is 0 Å². The van der Waals surface area contributed by atoms with Crippen LogP contribution in [0.5, 0.6) is 0 Å². The van der Waals surface area contributed by atoms with Gasteiger partial charge in [0.2, 0.25) is 0 Å². The highest BCUT2D eigenvalue weighted by Crippen LogP contribution is 2.65. The first kappa shape index (κ1) is 9.76. The average Bonchev–Trinajstić information content (AvgIpc) is 2.69. The summed E-state index contributed by atoms with van der Waals surface area (Å²) in [6.45, 7) is 9.25. The first-order valence-electron chi connectivity index (χ1n) is 5.64. The summed E-state index contributed by atoms with van der Waals surface area (Å²) in [5.41, 5.74) is 3.43. The van der Waals surface area contributed by atoms with Crippen molar-refractivity contribution in [2.45, 2.75) is 40.0 Å². The maximum atomic E-state index is 2.39. The molecule has 1 aliphatic carbocycles. The molecule has 76 valence electrons. The van der Waals surface area contributed by atoms with Crippen molar-refractivity contribution in [2.24, 2.45) is 11.3 Å². The Bertz CT molecular complexity index is 318. The van der Waals surface area contributed by atoms with E-state index in [1.165, 1.54) is 17.5 Å². The molecule has 0 saturated heterocycles. The van der Waals surface area contributed by atoms with E-state index in [0.29, 0.717) is 5.41 Å². The number of hydrogen-bond acceptors (Lipinski definition) is 0. The monoisotopic (exact) mass is 188 g/mol. The summed E-state index contributed by atoms with van der Waals surface area (Å²) in [5.74, 6) is 1.69. The maximum absolute atomic E-state index is 2.39. The Balaban J connectivity index is 2.22. The van der Waals surface area contributed by atoms with Crippen LogP contribution in [0.2, 0.25) is 0 Å². The van der Waals surface area contributed by atoms with Crippen LogP contribution in [-0.2, 0) is 0 Å². The van der Waals surface area contributed by atoms with Gasteiger partial charge < -0.3 is 0 Å². The van der Waals surface area contributed by atoms with Crippen molar-refractivity contribution in [3.63, 3.8) is 0 Å². The van der Waals surface area contributed by atoms with Crippen LogP contribution in [-0.4, -0.2) is 0 Å². The minimum atomic E-state index is 0.532. The van der Waals surface area contributed by atoms with Crippen LogP contribution in [0.3, 0.4) is 0 Å². The van der Waals surface area contributed by atoms with Crippen LogP contribution < -0.4 is 0 Å². The van der Waals surface area contributed by atoms with Crippen LogP contribution in [0, 0.1) is 18.3 Å². The van der Waals surface area contributed by atoms with Crippen molar-refractivity contribution in [3.8, 4) is 0 Å². The zero-order chi connectivity index (χ0) is 10.3. The zero-order valence-corrected chi connectivity index (χ0v) is 9.67. The smallest absolute Gasteiger partial charge is 0.00742 e. The molecule has 1 saturated carbocycles. The zero-order valence-electron chi connectivity index (χ0n) is 9.67. The molecule has 0 spiro atoms. The Labute approximate surface area is 87.3 Å². The fourth-order valence-electron chi connectivity index (χ4n) is 2.94. The standard InChI is InChI=1S/C14H20/c1-5-12-13(14(12,3)4)11-8-6-10(2)7-9-11/h6-9,12-13H,5H2,1-4H3. The highest BCUT2D eigenvalue weighted by Gasteiger charge is 2.56. The van der Waals surface area contributed by atoms with Crippen LogP contribution in [0.4, 0.5) is 0 Å². The molecule has 1 fully saturated rings. The maximum Gasteiger partial charge on any atom is -0.00742 e. The second-order valence-electron chi connectivity index (χ2n) is 5.22. The molecule has 1 aliphatic rings. The van der Waals surface area contributed by atoms with Gasteiger partial charge >= 0.3 is 0 Å². The van der Waals surface area contributed by atoms with Gasteiger partial charge in [-0.3, -0.25) is 0 Å². The molecule has 0 heteroatoms. The molecule has 0 heterocycles. The molecule has 2 rings (SSSR count). The lowest BCUT2D eigenvalue weighted by atomic mass is 10.0. The Hall–Kier alpha value is -0.780. The number of benzene rings is 1. The molecule has 0 nitrogen and oxygen atoms in total. The van der Waals surface area contributed by atoms with Gasteiger partial charge in [-0.2, -0.15) is 0 Å².